The summed E-state index contributed by atoms with van der Waals surface area (Å²) in [6, 6.07) is 0. The predicted molar refractivity (Wildman–Crippen MR) is 60.8 cm³/mol. The average molecular weight is 291 g/mol. The molecule has 16 heavy (non-hydrogen) atoms. The maximum absolute atomic E-state index is 5.47. The molecule has 1 aromatic heterocycles. The molecule has 0 aliphatic rings. The quantitative estimate of drug-likeness (QED) is 0.681. The number of hydrogen-bond acceptors (Lipinski definition) is 4. The third kappa shape index (κ3) is 3.76. The van der Waals surface area contributed by atoms with E-state index in [0.29, 0.717) is 5.82 Å². The van der Waals surface area contributed by atoms with Crippen molar-refractivity contribution < 1.29 is 32.7 Å². The Morgan fingerprint density at radius 1 is 1.38 bits per heavy atom. The third-order valence-electron chi connectivity index (χ3n) is 2.14. The van der Waals surface area contributed by atoms with Crippen LogP contribution in [0.2, 0.25) is 0 Å². The topological polar surface area (TPSA) is 50.2 Å². The summed E-state index contributed by atoms with van der Waals surface area (Å²) in [5.41, 5.74) is 1.87. The van der Waals surface area contributed by atoms with Crippen molar-refractivity contribution in [2.75, 3.05) is 5.32 Å². The van der Waals surface area contributed by atoms with Crippen LogP contribution < -0.4 is 5.32 Å². The number of aryl methyl sites for hydroxylation is 2. The van der Waals surface area contributed by atoms with Crippen LogP contribution in [0.15, 0.2) is 10.8 Å². The van der Waals surface area contributed by atoms with Gasteiger partial charge in [-0.2, -0.15) is 6.72 Å². The molecule has 0 aliphatic carbocycles. The molecule has 0 unspecified atom stereocenters. The zero-order chi connectivity index (χ0) is 11.4. The molecule has 1 rings (SSSR count). The van der Waals surface area contributed by atoms with Gasteiger partial charge in [-0.1, -0.05) is 6.92 Å². The maximum atomic E-state index is 5.47. The number of anilines is 1. The minimum Gasteiger partial charge on any atom is -0.577 e. The van der Waals surface area contributed by atoms with Gasteiger partial charge in [-0.25, -0.2) is 15.8 Å². The molecular weight excluding hydrogens is 277 g/mol. The van der Waals surface area contributed by atoms with E-state index in [0.717, 1.165) is 23.5 Å². The molecule has 0 saturated carbocycles. The van der Waals surface area contributed by atoms with Crippen LogP contribution in [0.3, 0.4) is 0 Å². The number of nitrogens with one attached hydrogen (secondary N) is 1. The Hall–Kier alpha value is -0.606. The molecule has 0 saturated heterocycles. The zero-order valence-electron chi connectivity index (χ0n) is 9.78. The van der Waals surface area contributed by atoms with Crippen LogP contribution in [0.1, 0.15) is 24.0 Å². The smallest absolute Gasteiger partial charge is 0.130 e. The molecule has 1 N–H and O–H groups in total. The summed E-state index contributed by atoms with van der Waals surface area (Å²) in [7, 11) is 0. The van der Waals surface area contributed by atoms with Crippen LogP contribution >= 0.6 is 0 Å². The first-order valence-electron chi connectivity index (χ1n) is 4.73. The van der Waals surface area contributed by atoms with Crippen molar-refractivity contribution in [1.29, 1.82) is 0 Å². The number of rotatable bonds is 4. The van der Waals surface area contributed by atoms with E-state index in [1.807, 2.05) is 20.8 Å². The van der Waals surface area contributed by atoms with Crippen molar-refractivity contribution in [1.82, 2.24) is 9.97 Å². The molecule has 1 radical (unpaired) electrons. The molecule has 83 valence electrons. The van der Waals surface area contributed by atoms with Gasteiger partial charge in [0.2, 0.25) is 0 Å². The minimum atomic E-state index is 0. The molecule has 0 aliphatic heterocycles. The first-order valence-corrected chi connectivity index (χ1v) is 4.73. The Kier molecular flexibility index (Phi) is 6.61. The monoisotopic (exact) mass is 291 g/mol. The number of hydrogen-bond donors (Lipinski definition) is 1. The first-order chi connectivity index (χ1) is 7.08. The van der Waals surface area contributed by atoms with Gasteiger partial charge < -0.3 is 16.9 Å². The van der Waals surface area contributed by atoms with Crippen molar-refractivity contribution in [3.63, 3.8) is 0 Å². The van der Waals surface area contributed by atoms with E-state index < -0.39 is 0 Å². The second-order valence-corrected chi connectivity index (χ2v) is 3.19. The standard InChI is InChI=1S/C11H14N4.Y/c1-6-10-13-8(3)7(2)11(15-10)14-9(4)12-5;/h4-5H,6H2,1-3H3,(H,13,14,15);/q-2;. The SMILES string of the molecule is [CH-]=NC(=[CH-])Nc1nc(CC)nc(C)c1C.[Y]. The van der Waals surface area contributed by atoms with Gasteiger partial charge in [-0.3, -0.25) is 0 Å². The molecule has 1 aromatic rings. The van der Waals surface area contributed by atoms with Crippen LogP contribution in [0, 0.1) is 20.4 Å². The van der Waals surface area contributed by atoms with E-state index in [9.17, 15) is 0 Å². The second kappa shape index (κ2) is 6.87. The maximum Gasteiger partial charge on any atom is 0.130 e. The van der Waals surface area contributed by atoms with Gasteiger partial charge in [0.1, 0.15) is 11.6 Å². The van der Waals surface area contributed by atoms with Gasteiger partial charge in [0, 0.05) is 50.4 Å². The van der Waals surface area contributed by atoms with E-state index in [-0.39, 0.29) is 38.5 Å². The minimum absolute atomic E-state index is 0. The summed E-state index contributed by atoms with van der Waals surface area (Å²) in [4.78, 5) is 12.0. The molecule has 0 fully saturated rings. The van der Waals surface area contributed by atoms with E-state index in [1.54, 1.807) is 0 Å². The average Bonchev–Trinajstić information content (AvgIpc) is 2.24. The molecule has 0 aromatic carbocycles. The Morgan fingerprint density at radius 3 is 2.50 bits per heavy atom. The fraction of sp³-hybridized carbons (Fsp3) is 0.364. The number of aromatic nitrogens is 2. The van der Waals surface area contributed by atoms with E-state index >= 15 is 0 Å². The first kappa shape index (κ1) is 15.4. The molecule has 0 atom stereocenters. The predicted octanol–water partition coefficient (Wildman–Crippen LogP) is 1.92. The molecule has 0 spiro atoms. The van der Waals surface area contributed by atoms with Gasteiger partial charge in [-0.05, 0) is 13.8 Å². The summed E-state index contributed by atoms with van der Waals surface area (Å²) >= 11 is 0. The summed E-state index contributed by atoms with van der Waals surface area (Å²) in [6.07, 6.45) is 0.773. The largest absolute Gasteiger partial charge is 0.577 e. The molecule has 0 amide bonds. The van der Waals surface area contributed by atoms with Crippen LogP contribution in [0.5, 0.6) is 0 Å². The van der Waals surface area contributed by atoms with Crippen LogP contribution in [0.4, 0.5) is 5.82 Å². The fourth-order valence-corrected chi connectivity index (χ4v) is 1.12. The van der Waals surface area contributed by atoms with Crippen LogP contribution in [-0.2, 0) is 39.1 Å². The number of aliphatic imine (C=N–C) groups is 1. The Morgan fingerprint density at radius 2 is 2.00 bits per heavy atom. The summed E-state index contributed by atoms with van der Waals surface area (Å²) in [5, 5.41) is 2.83. The Balaban J connectivity index is 0.00000225. The molecule has 4 nitrogen and oxygen atoms in total. The normalized spacial score (nSPS) is 9.19. The van der Waals surface area contributed by atoms with Gasteiger partial charge in [0.15, 0.2) is 0 Å². The summed E-state index contributed by atoms with van der Waals surface area (Å²) in [6.45, 7) is 16.3. The van der Waals surface area contributed by atoms with Gasteiger partial charge in [-0.15, -0.1) is 0 Å². The molecule has 5 heteroatoms. The summed E-state index contributed by atoms with van der Waals surface area (Å²) < 4.78 is 0. The number of nitrogens with zero attached hydrogens (tertiary/aromatic N) is 3. The Bertz CT molecular complexity index is 401. The van der Waals surface area contributed by atoms with Gasteiger partial charge >= 0.3 is 0 Å². The molecular formula is C11H14N4Y-2. The molecule has 1 heterocycles. The second-order valence-electron chi connectivity index (χ2n) is 3.19. The third-order valence-corrected chi connectivity index (χ3v) is 2.14. The van der Waals surface area contributed by atoms with Gasteiger partial charge in [0.05, 0.1) is 0 Å². The summed E-state index contributed by atoms with van der Waals surface area (Å²) in [5.74, 6) is 1.56. The van der Waals surface area contributed by atoms with Crippen molar-refractivity contribution in [3.8, 4) is 0 Å². The van der Waals surface area contributed by atoms with E-state index in [4.69, 9.17) is 13.3 Å². The van der Waals surface area contributed by atoms with Crippen LogP contribution in [-0.4, -0.2) is 16.7 Å². The zero-order valence-corrected chi connectivity index (χ0v) is 12.6. The van der Waals surface area contributed by atoms with Crippen LogP contribution in [0.25, 0.3) is 0 Å². The van der Waals surface area contributed by atoms with E-state index in [2.05, 4.69) is 20.3 Å². The van der Waals surface area contributed by atoms with Crippen molar-refractivity contribution in [2.45, 2.75) is 27.2 Å². The fourth-order valence-electron chi connectivity index (χ4n) is 1.12. The van der Waals surface area contributed by atoms with Gasteiger partial charge in [0.25, 0.3) is 0 Å². The van der Waals surface area contributed by atoms with E-state index in [1.165, 1.54) is 0 Å². The Labute approximate surface area is 122 Å². The van der Waals surface area contributed by atoms with Crippen molar-refractivity contribution >= 4 is 12.5 Å². The molecule has 0 bridgehead atoms. The van der Waals surface area contributed by atoms with Crippen molar-refractivity contribution in [3.05, 3.63) is 29.5 Å². The van der Waals surface area contributed by atoms with Crippen molar-refractivity contribution in [2.24, 2.45) is 4.99 Å².